The lowest BCUT2D eigenvalue weighted by atomic mass is 9.77. The number of carbonyl (C=O) groups excluding carboxylic acids is 2. The Morgan fingerprint density at radius 3 is 2.10 bits per heavy atom. The van der Waals surface area contributed by atoms with Crippen LogP contribution in [0.15, 0.2) is 48.5 Å². The van der Waals surface area contributed by atoms with Gasteiger partial charge in [-0.1, -0.05) is 37.1 Å². The van der Waals surface area contributed by atoms with Gasteiger partial charge in [0.05, 0.1) is 25.7 Å². The summed E-state index contributed by atoms with van der Waals surface area (Å²) in [6.07, 6.45) is 7.92. The van der Waals surface area contributed by atoms with Gasteiger partial charge in [0.25, 0.3) is 0 Å². The highest BCUT2D eigenvalue weighted by molar-refractivity contribution is 5.85. The fourth-order valence-electron chi connectivity index (χ4n) is 6.61. The van der Waals surface area contributed by atoms with Gasteiger partial charge in [0.2, 0.25) is 11.8 Å². The Balaban J connectivity index is 0.00000370. The second-order valence-electron chi connectivity index (χ2n) is 11.6. The van der Waals surface area contributed by atoms with Gasteiger partial charge >= 0.3 is 0 Å². The molecule has 1 atom stereocenters. The van der Waals surface area contributed by atoms with Gasteiger partial charge in [-0.05, 0) is 87.0 Å². The van der Waals surface area contributed by atoms with Crippen molar-refractivity contribution in [2.45, 2.75) is 64.0 Å². The number of hydrogen-bond acceptors (Lipinski definition) is 5. The summed E-state index contributed by atoms with van der Waals surface area (Å²) < 4.78 is 10.6. The lowest BCUT2D eigenvalue weighted by Gasteiger charge is -2.38. The van der Waals surface area contributed by atoms with Crippen LogP contribution < -0.4 is 14.8 Å². The van der Waals surface area contributed by atoms with Crippen molar-refractivity contribution in [3.8, 4) is 11.5 Å². The molecule has 1 N–H and O–H groups in total. The molecule has 5 rings (SSSR count). The molecule has 2 aromatic rings. The molecule has 218 valence electrons. The first-order valence-corrected chi connectivity index (χ1v) is 14.6. The Bertz CT molecular complexity index is 1110. The maximum atomic E-state index is 13.5. The van der Waals surface area contributed by atoms with Crippen molar-refractivity contribution in [3.05, 3.63) is 59.7 Å². The fourth-order valence-corrected chi connectivity index (χ4v) is 6.61. The molecule has 3 fully saturated rings. The number of hydrogen-bond donors (Lipinski definition) is 1. The van der Waals surface area contributed by atoms with Crippen molar-refractivity contribution in [1.82, 2.24) is 15.1 Å². The minimum absolute atomic E-state index is 0. The van der Waals surface area contributed by atoms with Crippen LogP contribution in [-0.2, 0) is 16.1 Å². The molecule has 1 unspecified atom stereocenters. The first-order valence-electron chi connectivity index (χ1n) is 14.6. The van der Waals surface area contributed by atoms with Gasteiger partial charge in [0.1, 0.15) is 11.5 Å². The van der Waals surface area contributed by atoms with E-state index in [0.29, 0.717) is 12.5 Å². The van der Waals surface area contributed by atoms with E-state index in [1.165, 1.54) is 0 Å². The molecule has 2 aromatic carbocycles. The fraction of sp³-hybridized carbons (Fsp3) is 0.562. The van der Waals surface area contributed by atoms with Crippen LogP contribution >= 0.6 is 12.4 Å². The molecule has 2 aliphatic heterocycles. The van der Waals surface area contributed by atoms with Crippen LogP contribution in [0.1, 0.15) is 68.5 Å². The molecular formula is C32H44ClN3O4. The van der Waals surface area contributed by atoms with Crippen molar-refractivity contribution in [3.63, 3.8) is 0 Å². The summed E-state index contributed by atoms with van der Waals surface area (Å²) in [6, 6.07) is 16.1. The summed E-state index contributed by atoms with van der Waals surface area (Å²) in [5.41, 5.74) is 2.05. The highest BCUT2D eigenvalue weighted by Crippen LogP contribution is 2.42. The lowest BCUT2D eigenvalue weighted by Crippen LogP contribution is -2.45. The largest absolute Gasteiger partial charge is 0.497 e. The Morgan fingerprint density at radius 1 is 0.925 bits per heavy atom. The third-order valence-electron chi connectivity index (χ3n) is 9.24. The average Bonchev–Trinajstić information content (AvgIpc) is 3.62. The second-order valence-corrected chi connectivity index (χ2v) is 11.6. The minimum atomic E-state index is -0.213. The first-order chi connectivity index (χ1) is 19.0. The van der Waals surface area contributed by atoms with Crippen LogP contribution in [0, 0.1) is 11.3 Å². The van der Waals surface area contributed by atoms with Gasteiger partial charge in [-0.3, -0.25) is 9.59 Å². The van der Waals surface area contributed by atoms with E-state index in [9.17, 15) is 9.59 Å². The second kappa shape index (κ2) is 13.7. The Morgan fingerprint density at radius 2 is 1.50 bits per heavy atom. The number of likely N-dealkylation sites (tertiary alicyclic amines) is 2. The molecular weight excluding hydrogens is 526 g/mol. The average molecular weight is 570 g/mol. The molecule has 1 aliphatic carbocycles. The van der Waals surface area contributed by atoms with Gasteiger partial charge in [-0.15, -0.1) is 12.4 Å². The van der Waals surface area contributed by atoms with Crippen LogP contribution in [-0.4, -0.2) is 62.0 Å². The number of carbonyl (C=O) groups is 2. The molecule has 0 bridgehead atoms. The maximum absolute atomic E-state index is 13.5. The maximum Gasteiger partial charge on any atom is 0.229 e. The van der Waals surface area contributed by atoms with Gasteiger partial charge in [-0.25, -0.2) is 0 Å². The van der Waals surface area contributed by atoms with Crippen LogP contribution in [0.4, 0.5) is 0 Å². The summed E-state index contributed by atoms with van der Waals surface area (Å²) in [7, 11) is 3.34. The highest BCUT2D eigenvalue weighted by Gasteiger charge is 2.47. The van der Waals surface area contributed by atoms with E-state index in [1.54, 1.807) is 14.2 Å². The van der Waals surface area contributed by atoms with Crippen molar-refractivity contribution in [1.29, 1.82) is 0 Å². The van der Waals surface area contributed by atoms with Gasteiger partial charge in [0.15, 0.2) is 0 Å². The van der Waals surface area contributed by atoms with Gasteiger partial charge in [-0.2, -0.15) is 0 Å². The standard InChI is InChI=1S/C32H43N3O4.ClH/c1-38-27-11-7-24(8-12-27)23-35-22-18-32(31(35)37)16-20-34(21-17-32)19-15-29(25-9-13-28(39-2)14-10-25)33-30(36)26-5-3-4-6-26;/h7-14,26,29H,3-6,15-23H2,1-2H3,(H,33,36);1H. The quantitative estimate of drug-likeness (QED) is 0.416. The topological polar surface area (TPSA) is 71.1 Å². The third-order valence-corrected chi connectivity index (χ3v) is 9.24. The number of halogens is 1. The number of methoxy groups -OCH3 is 2. The molecule has 40 heavy (non-hydrogen) atoms. The Labute approximate surface area is 245 Å². The summed E-state index contributed by atoms with van der Waals surface area (Å²) in [6.45, 7) is 4.25. The van der Waals surface area contributed by atoms with Crippen LogP contribution in [0.25, 0.3) is 0 Å². The van der Waals surface area contributed by atoms with Crippen LogP contribution in [0.2, 0.25) is 0 Å². The number of benzene rings is 2. The molecule has 7 nitrogen and oxygen atoms in total. The molecule has 3 aliphatic rings. The number of nitrogens with zero attached hydrogens (tertiary/aromatic N) is 2. The van der Waals surface area contributed by atoms with E-state index < -0.39 is 0 Å². The Kier molecular flexibility index (Phi) is 10.4. The summed E-state index contributed by atoms with van der Waals surface area (Å²) in [4.78, 5) is 31.0. The number of ether oxygens (including phenoxy) is 2. The van der Waals surface area contributed by atoms with E-state index in [2.05, 4.69) is 22.3 Å². The van der Waals surface area contributed by atoms with Crippen LogP contribution in [0.5, 0.6) is 11.5 Å². The third kappa shape index (κ3) is 6.92. The number of amides is 2. The number of rotatable bonds is 10. The molecule has 8 heteroatoms. The van der Waals surface area contributed by atoms with E-state index in [0.717, 1.165) is 100 Å². The summed E-state index contributed by atoms with van der Waals surface area (Å²) in [5.74, 6) is 2.32. The molecule has 1 saturated carbocycles. The molecule has 2 saturated heterocycles. The molecule has 2 heterocycles. The number of nitrogens with one attached hydrogen (secondary N) is 1. The van der Waals surface area contributed by atoms with E-state index in [1.807, 2.05) is 41.3 Å². The zero-order chi connectivity index (χ0) is 27.2. The minimum Gasteiger partial charge on any atom is -0.497 e. The molecule has 0 aromatic heterocycles. The smallest absolute Gasteiger partial charge is 0.229 e. The molecule has 2 amide bonds. The van der Waals surface area contributed by atoms with Gasteiger partial charge < -0.3 is 24.6 Å². The number of piperidine rings is 1. The van der Waals surface area contributed by atoms with E-state index in [4.69, 9.17) is 9.47 Å². The zero-order valence-electron chi connectivity index (χ0n) is 23.9. The Hall–Kier alpha value is -2.77. The molecule has 0 radical (unpaired) electrons. The predicted molar refractivity (Wildman–Crippen MR) is 159 cm³/mol. The summed E-state index contributed by atoms with van der Waals surface area (Å²) >= 11 is 0. The normalized spacial score (nSPS) is 19.9. The van der Waals surface area contributed by atoms with E-state index in [-0.39, 0.29) is 35.7 Å². The van der Waals surface area contributed by atoms with Crippen molar-refractivity contribution in [2.75, 3.05) is 40.4 Å². The highest BCUT2D eigenvalue weighted by atomic mass is 35.5. The predicted octanol–water partition coefficient (Wildman–Crippen LogP) is 5.38. The zero-order valence-corrected chi connectivity index (χ0v) is 24.7. The molecule has 1 spiro atoms. The van der Waals surface area contributed by atoms with Crippen molar-refractivity contribution < 1.29 is 19.1 Å². The lowest BCUT2D eigenvalue weighted by molar-refractivity contribution is -0.139. The summed E-state index contributed by atoms with van der Waals surface area (Å²) in [5, 5.41) is 3.37. The monoisotopic (exact) mass is 569 g/mol. The first kappa shape index (κ1) is 30.2. The van der Waals surface area contributed by atoms with Crippen LogP contribution in [0.3, 0.4) is 0 Å². The van der Waals surface area contributed by atoms with Crippen molar-refractivity contribution >= 4 is 24.2 Å². The SMILES string of the molecule is COc1ccc(CN2CCC3(CCN(CCC(NC(=O)C4CCCC4)c4ccc(OC)cc4)CC3)C2=O)cc1.Cl. The van der Waals surface area contributed by atoms with E-state index >= 15 is 0 Å². The van der Waals surface area contributed by atoms with Crippen molar-refractivity contribution in [2.24, 2.45) is 11.3 Å². The van der Waals surface area contributed by atoms with Gasteiger partial charge in [0, 0.05) is 25.6 Å².